The second-order valence-corrected chi connectivity index (χ2v) is 9.92. The van der Waals surface area contributed by atoms with Crippen LogP contribution in [-0.2, 0) is 5.41 Å². The molecule has 0 atom stereocenters. The molecule has 0 aliphatic carbocycles. The highest BCUT2D eigenvalue weighted by Gasteiger charge is 2.45. The molecule has 1 aromatic heterocycles. The molecular weight excluding hydrogens is 506 g/mol. The van der Waals surface area contributed by atoms with E-state index in [1.165, 1.54) is 39.3 Å². The molecule has 2 heterocycles. The highest BCUT2D eigenvalue weighted by atomic mass is 79.9. The lowest BCUT2D eigenvalue weighted by molar-refractivity contribution is -2.00. The van der Waals surface area contributed by atoms with Crippen LogP contribution >= 0.6 is 15.9 Å². The Morgan fingerprint density at radius 1 is 0.697 bits per heavy atom. The average molecular weight is 527 g/mol. The Bertz CT molecular complexity index is 1280. The van der Waals surface area contributed by atoms with Crippen molar-refractivity contribution < 1.29 is 33.4 Å². The molecule has 7 heteroatoms. The largest absolute Gasteiger partial charge is 0.222 e. The molecule has 168 valence electrons. The molecule has 0 unspecified atom stereocenters. The van der Waals surface area contributed by atoms with Crippen LogP contribution < -0.4 is 23.2 Å². The maximum atomic E-state index is 8.49. The van der Waals surface area contributed by atoms with Gasteiger partial charge in [-0.25, -0.2) is 18.6 Å². The summed E-state index contributed by atoms with van der Waals surface area (Å²) in [5.41, 5.74) is 8.82. The van der Waals surface area contributed by atoms with Crippen molar-refractivity contribution in [3.8, 4) is 28.1 Å². The van der Waals surface area contributed by atoms with Crippen molar-refractivity contribution in [2.24, 2.45) is 0 Å². The van der Waals surface area contributed by atoms with Gasteiger partial charge in [0.05, 0.1) is 5.41 Å². The van der Waals surface area contributed by atoms with E-state index in [2.05, 4.69) is 125 Å². The van der Waals surface area contributed by atoms with Gasteiger partial charge in [0.25, 0.3) is 0 Å². The van der Waals surface area contributed by atoms with Crippen LogP contribution in [0.15, 0.2) is 95.5 Å². The fraction of sp³-hybridized carbons (Fsp3) is 0.115. The first-order valence-corrected chi connectivity index (χ1v) is 12.2. The summed E-state index contributed by atoms with van der Waals surface area (Å²) in [5.74, 6) is 0. The summed E-state index contributed by atoms with van der Waals surface area (Å²) < 4.78 is 37.5. The minimum absolute atomic E-state index is 0.0760. The highest BCUT2D eigenvalue weighted by Crippen LogP contribution is 2.42. The molecule has 33 heavy (non-hydrogen) atoms. The Hall–Kier alpha value is -2.58. The van der Waals surface area contributed by atoms with Crippen molar-refractivity contribution in [1.29, 1.82) is 0 Å². The quantitative estimate of drug-likeness (QED) is 0.373. The number of hydrogen-bond acceptors (Lipinski definition) is 4. The van der Waals surface area contributed by atoms with Gasteiger partial charge in [-0.15, -0.1) is 10.2 Å². The van der Waals surface area contributed by atoms with E-state index in [1.807, 2.05) is 0 Å². The normalized spacial score (nSPS) is 13.5. The van der Waals surface area contributed by atoms with Crippen molar-refractivity contribution in [1.82, 2.24) is 0 Å². The predicted molar refractivity (Wildman–Crippen MR) is 119 cm³/mol. The zero-order valence-corrected chi connectivity index (χ0v) is 20.3. The molecule has 4 aromatic rings. The molecule has 0 saturated carbocycles. The summed E-state index contributed by atoms with van der Waals surface area (Å²) in [7, 11) is -4.94. The van der Waals surface area contributed by atoms with Gasteiger partial charge in [-0.3, -0.25) is 0 Å². The summed E-state index contributed by atoms with van der Waals surface area (Å²) in [6, 6.07) is 32.6. The van der Waals surface area contributed by atoms with Crippen LogP contribution in [0.1, 0.15) is 25.1 Å². The van der Waals surface area contributed by atoms with Crippen LogP contribution in [-0.4, -0.2) is 0 Å². The fourth-order valence-corrected chi connectivity index (χ4v) is 4.64. The molecule has 0 spiro atoms. The van der Waals surface area contributed by atoms with E-state index in [1.54, 1.807) is 0 Å². The summed E-state index contributed by atoms with van der Waals surface area (Å²) in [5, 5.41) is 0. The Morgan fingerprint density at radius 3 is 1.82 bits per heavy atom. The maximum Gasteiger partial charge on any atom is 0.219 e. The molecule has 0 radical (unpaired) electrons. The molecule has 5 nitrogen and oxygen atoms in total. The van der Waals surface area contributed by atoms with E-state index >= 15 is 0 Å². The minimum atomic E-state index is -4.94. The smallest absolute Gasteiger partial charge is 0.219 e. The molecule has 0 bridgehead atoms. The monoisotopic (exact) mass is 525 g/mol. The Balaban J connectivity index is 0.000000471. The number of halogens is 2. The Morgan fingerprint density at radius 2 is 1.24 bits per heavy atom. The second kappa shape index (κ2) is 8.99. The molecule has 1 aliphatic heterocycles. The standard InChI is InChI=1S/C26H21BrN.ClHO4/c1-26(2)22-17-21(27)13-14-23(22)28-24(19-11-7-4-8-12-19)15-20(16-25(26)28)18-9-5-3-6-10-18;2-1(3,4)5/h3-17H,1-2H3;(H,2,3,4,5)/q+1;/p-1. The number of nitrogens with zero attached hydrogens (tertiary/aromatic N) is 1. The van der Waals surface area contributed by atoms with E-state index in [-0.39, 0.29) is 5.41 Å². The summed E-state index contributed by atoms with van der Waals surface area (Å²) in [4.78, 5) is 0. The number of benzene rings is 3. The Labute approximate surface area is 203 Å². The lowest BCUT2D eigenvalue weighted by Crippen LogP contribution is -2.68. The molecule has 0 amide bonds. The van der Waals surface area contributed by atoms with Gasteiger partial charge in [-0.2, -0.15) is 4.57 Å². The third kappa shape index (κ3) is 5.01. The van der Waals surface area contributed by atoms with Crippen LogP contribution in [0.25, 0.3) is 28.1 Å². The zero-order valence-electron chi connectivity index (χ0n) is 18.0. The number of hydrogen-bond donors (Lipinski definition) is 0. The van der Waals surface area contributed by atoms with Gasteiger partial charge in [0.1, 0.15) is 0 Å². The second-order valence-electron chi connectivity index (χ2n) is 8.25. The topological polar surface area (TPSA) is 96.1 Å². The molecule has 0 N–H and O–H groups in total. The van der Waals surface area contributed by atoms with Crippen molar-refractivity contribution in [2.45, 2.75) is 19.3 Å². The van der Waals surface area contributed by atoms with Crippen molar-refractivity contribution in [2.75, 3.05) is 0 Å². The van der Waals surface area contributed by atoms with Gasteiger partial charge in [-0.05, 0) is 49.2 Å². The first-order chi connectivity index (χ1) is 15.6. The van der Waals surface area contributed by atoms with Gasteiger partial charge in [-0.1, -0.05) is 64.5 Å². The number of rotatable bonds is 2. The maximum absolute atomic E-state index is 8.49. The van der Waals surface area contributed by atoms with Crippen LogP contribution in [0.2, 0.25) is 0 Å². The molecule has 5 rings (SSSR count). The van der Waals surface area contributed by atoms with Gasteiger partial charge < -0.3 is 0 Å². The lowest BCUT2D eigenvalue weighted by atomic mass is 9.82. The van der Waals surface area contributed by atoms with Gasteiger partial charge in [0.2, 0.25) is 11.4 Å². The van der Waals surface area contributed by atoms with Crippen molar-refractivity contribution in [3.63, 3.8) is 0 Å². The Kier molecular flexibility index (Phi) is 6.42. The van der Waals surface area contributed by atoms with E-state index < -0.39 is 10.2 Å². The highest BCUT2D eigenvalue weighted by molar-refractivity contribution is 9.10. The van der Waals surface area contributed by atoms with Crippen molar-refractivity contribution >= 4 is 15.9 Å². The van der Waals surface area contributed by atoms with Gasteiger partial charge in [0, 0.05) is 33.8 Å². The average Bonchev–Trinajstić information content (AvgIpc) is 3.00. The zero-order chi connectivity index (χ0) is 23.8. The number of aromatic nitrogens is 1. The van der Waals surface area contributed by atoms with Crippen molar-refractivity contribution in [3.05, 3.63) is 107 Å². The lowest BCUT2D eigenvalue weighted by Gasteiger charge is -2.17. The van der Waals surface area contributed by atoms with E-state index in [0.717, 1.165) is 4.47 Å². The molecule has 1 aliphatic rings. The molecular formula is C26H21BrClNO4. The summed E-state index contributed by atoms with van der Waals surface area (Å²) >= 11 is 3.67. The molecule has 0 saturated heterocycles. The first kappa shape index (κ1) is 23.6. The third-order valence-electron chi connectivity index (χ3n) is 5.76. The van der Waals surface area contributed by atoms with Gasteiger partial charge in [0.15, 0.2) is 5.69 Å². The van der Waals surface area contributed by atoms with Crippen LogP contribution in [0.5, 0.6) is 0 Å². The number of pyridine rings is 1. The van der Waals surface area contributed by atoms with Crippen LogP contribution in [0.4, 0.5) is 0 Å². The molecule has 0 fully saturated rings. The summed E-state index contributed by atoms with van der Waals surface area (Å²) in [6.07, 6.45) is 0. The summed E-state index contributed by atoms with van der Waals surface area (Å²) in [6.45, 7) is 4.64. The molecule has 3 aromatic carbocycles. The van der Waals surface area contributed by atoms with E-state index in [4.69, 9.17) is 18.6 Å². The van der Waals surface area contributed by atoms with E-state index in [9.17, 15) is 0 Å². The predicted octanol–water partition coefficient (Wildman–Crippen LogP) is 1.94. The SMILES string of the molecule is CC1(C)c2cc(Br)ccc2-[n+]2c(-c3ccccc3)cc(-c3ccccc3)cc21.[O-][Cl+3]([O-])([O-])[O-]. The van der Waals surface area contributed by atoms with Crippen LogP contribution in [0.3, 0.4) is 0 Å². The fourth-order valence-electron chi connectivity index (χ4n) is 4.28. The van der Waals surface area contributed by atoms with Crippen LogP contribution in [0, 0.1) is 10.2 Å². The van der Waals surface area contributed by atoms with E-state index in [0.29, 0.717) is 0 Å². The first-order valence-electron chi connectivity index (χ1n) is 10.2. The van der Waals surface area contributed by atoms with Gasteiger partial charge >= 0.3 is 0 Å². The number of fused-ring (bicyclic) bond motifs is 3. The third-order valence-corrected chi connectivity index (χ3v) is 6.25. The minimum Gasteiger partial charge on any atom is -0.222 e.